The molecule has 2 heteroatoms. The van der Waals surface area contributed by atoms with Crippen LogP contribution >= 0.6 is 0 Å². The molecule has 0 saturated heterocycles. The molecule has 1 heterocycles. The lowest BCUT2D eigenvalue weighted by Gasteiger charge is -2.19. The third-order valence-electron chi connectivity index (χ3n) is 3.93. The summed E-state index contributed by atoms with van der Waals surface area (Å²) in [5.41, 5.74) is 3.89. The lowest BCUT2D eigenvalue weighted by molar-refractivity contribution is 0.476. The van der Waals surface area contributed by atoms with Gasteiger partial charge < -0.3 is 5.32 Å². The van der Waals surface area contributed by atoms with Crippen molar-refractivity contribution in [3.8, 4) is 0 Å². The summed E-state index contributed by atoms with van der Waals surface area (Å²) in [4.78, 5) is 4.53. The summed E-state index contributed by atoms with van der Waals surface area (Å²) >= 11 is 0. The standard InChI is InChI=1S/C19H26N2/c1-3-5-13-18(17-10-7-6-8-11-17)21-15-19-16(4-2)12-9-14-20-19/h6-12,14,18,21H,3-5,13,15H2,1-2H3. The number of aryl methyl sites for hydroxylation is 1. The zero-order valence-corrected chi connectivity index (χ0v) is 13.2. The highest BCUT2D eigenvalue weighted by atomic mass is 14.9. The molecule has 1 aromatic carbocycles. The fourth-order valence-electron chi connectivity index (χ4n) is 2.65. The Balaban J connectivity index is 2.05. The Morgan fingerprint density at radius 1 is 1.05 bits per heavy atom. The zero-order valence-electron chi connectivity index (χ0n) is 13.2. The number of benzene rings is 1. The monoisotopic (exact) mass is 282 g/mol. The Morgan fingerprint density at radius 3 is 2.57 bits per heavy atom. The minimum Gasteiger partial charge on any atom is -0.304 e. The third-order valence-corrected chi connectivity index (χ3v) is 3.93. The van der Waals surface area contributed by atoms with Gasteiger partial charge in [0.05, 0.1) is 5.69 Å². The predicted molar refractivity (Wildman–Crippen MR) is 89.2 cm³/mol. The molecule has 2 rings (SSSR count). The first-order valence-corrected chi connectivity index (χ1v) is 8.06. The second-order valence-corrected chi connectivity index (χ2v) is 5.45. The number of hydrogen-bond acceptors (Lipinski definition) is 2. The highest BCUT2D eigenvalue weighted by Gasteiger charge is 2.11. The first kappa shape index (κ1) is 15.7. The van der Waals surface area contributed by atoms with Gasteiger partial charge >= 0.3 is 0 Å². The van der Waals surface area contributed by atoms with Gasteiger partial charge in [-0.25, -0.2) is 0 Å². The van der Waals surface area contributed by atoms with Crippen LogP contribution < -0.4 is 5.32 Å². The smallest absolute Gasteiger partial charge is 0.0573 e. The molecule has 2 aromatic rings. The van der Waals surface area contributed by atoms with E-state index in [1.165, 1.54) is 36.1 Å². The number of aromatic nitrogens is 1. The van der Waals surface area contributed by atoms with E-state index >= 15 is 0 Å². The fraction of sp³-hybridized carbons (Fsp3) is 0.421. The molecule has 0 aliphatic heterocycles. The predicted octanol–water partition coefficient (Wildman–Crippen LogP) is 4.67. The van der Waals surface area contributed by atoms with E-state index in [-0.39, 0.29) is 0 Å². The quantitative estimate of drug-likeness (QED) is 0.761. The maximum atomic E-state index is 4.53. The molecular weight excluding hydrogens is 256 g/mol. The SMILES string of the molecule is CCCCC(NCc1ncccc1CC)c1ccccc1. The van der Waals surface area contributed by atoms with E-state index in [2.05, 4.69) is 60.5 Å². The molecule has 0 amide bonds. The van der Waals surface area contributed by atoms with E-state index in [0.717, 1.165) is 13.0 Å². The second kappa shape index (κ2) is 8.58. The summed E-state index contributed by atoms with van der Waals surface area (Å²) < 4.78 is 0. The van der Waals surface area contributed by atoms with Crippen molar-refractivity contribution in [2.75, 3.05) is 0 Å². The Kier molecular flexibility index (Phi) is 6.42. The van der Waals surface area contributed by atoms with Crippen molar-refractivity contribution in [3.63, 3.8) is 0 Å². The van der Waals surface area contributed by atoms with Gasteiger partial charge in [0.1, 0.15) is 0 Å². The molecule has 1 aromatic heterocycles. The molecule has 1 atom stereocenters. The van der Waals surface area contributed by atoms with Gasteiger partial charge in [-0.15, -0.1) is 0 Å². The summed E-state index contributed by atoms with van der Waals surface area (Å²) in [5.74, 6) is 0. The van der Waals surface area contributed by atoms with Crippen molar-refractivity contribution >= 4 is 0 Å². The summed E-state index contributed by atoms with van der Waals surface area (Å²) in [6.45, 7) is 5.27. The Bertz CT molecular complexity index is 522. The molecule has 0 fully saturated rings. The van der Waals surface area contributed by atoms with Crippen LogP contribution in [-0.4, -0.2) is 4.98 Å². The van der Waals surface area contributed by atoms with Crippen LogP contribution in [0.15, 0.2) is 48.7 Å². The largest absolute Gasteiger partial charge is 0.304 e. The molecule has 0 spiro atoms. The molecule has 0 saturated carbocycles. The van der Waals surface area contributed by atoms with Crippen LogP contribution in [0.5, 0.6) is 0 Å². The minimum atomic E-state index is 0.415. The van der Waals surface area contributed by atoms with Gasteiger partial charge in [-0.1, -0.05) is 63.1 Å². The maximum Gasteiger partial charge on any atom is 0.0573 e. The summed E-state index contributed by atoms with van der Waals surface area (Å²) in [6, 6.07) is 15.4. The van der Waals surface area contributed by atoms with Crippen molar-refractivity contribution in [1.29, 1.82) is 0 Å². The van der Waals surface area contributed by atoms with Crippen LogP contribution in [0, 0.1) is 0 Å². The maximum absolute atomic E-state index is 4.53. The number of pyridine rings is 1. The van der Waals surface area contributed by atoms with Crippen molar-refractivity contribution in [1.82, 2.24) is 10.3 Å². The first-order valence-electron chi connectivity index (χ1n) is 8.06. The molecule has 1 unspecified atom stereocenters. The van der Waals surface area contributed by atoms with E-state index in [1.807, 2.05) is 12.3 Å². The highest BCUT2D eigenvalue weighted by Crippen LogP contribution is 2.20. The number of unbranched alkanes of at least 4 members (excludes halogenated alkanes) is 1. The van der Waals surface area contributed by atoms with Crippen LogP contribution in [0.3, 0.4) is 0 Å². The molecule has 0 radical (unpaired) electrons. The molecule has 0 aliphatic rings. The zero-order chi connectivity index (χ0) is 14.9. The number of rotatable bonds is 8. The van der Waals surface area contributed by atoms with Gasteiger partial charge in [0, 0.05) is 18.8 Å². The molecule has 0 bridgehead atoms. The van der Waals surface area contributed by atoms with E-state index in [4.69, 9.17) is 0 Å². The molecule has 1 N–H and O–H groups in total. The van der Waals surface area contributed by atoms with Crippen LogP contribution in [0.2, 0.25) is 0 Å². The Labute approximate surface area is 128 Å². The molecule has 2 nitrogen and oxygen atoms in total. The Morgan fingerprint density at radius 2 is 1.86 bits per heavy atom. The molecule has 0 aliphatic carbocycles. The van der Waals surface area contributed by atoms with Gasteiger partial charge in [-0.05, 0) is 30.0 Å². The van der Waals surface area contributed by atoms with E-state index in [0.29, 0.717) is 6.04 Å². The third kappa shape index (κ3) is 4.68. The van der Waals surface area contributed by atoms with Crippen LogP contribution in [0.25, 0.3) is 0 Å². The molecular formula is C19H26N2. The average Bonchev–Trinajstić information content (AvgIpc) is 2.56. The average molecular weight is 282 g/mol. The number of nitrogens with one attached hydrogen (secondary N) is 1. The van der Waals surface area contributed by atoms with Crippen molar-refractivity contribution in [2.45, 2.75) is 52.1 Å². The lowest BCUT2D eigenvalue weighted by Crippen LogP contribution is -2.22. The normalized spacial score (nSPS) is 12.3. The van der Waals surface area contributed by atoms with E-state index in [1.54, 1.807) is 0 Å². The van der Waals surface area contributed by atoms with Crippen LogP contribution in [0.1, 0.15) is 56.0 Å². The second-order valence-electron chi connectivity index (χ2n) is 5.45. The van der Waals surface area contributed by atoms with Gasteiger partial charge in [-0.3, -0.25) is 4.98 Å². The number of hydrogen-bond donors (Lipinski definition) is 1. The van der Waals surface area contributed by atoms with E-state index < -0.39 is 0 Å². The molecule has 21 heavy (non-hydrogen) atoms. The van der Waals surface area contributed by atoms with Crippen molar-refractivity contribution in [2.24, 2.45) is 0 Å². The summed E-state index contributed by atoms with van der Waals surface area (Å²) in [7, 11) is 0. The van der Waals surface area contributed by atoms with Gasteiger partial charge in [0.15, 0.2) is 0 Å². The van der Waals surface area contributed by atoms with Gasteiger partial charge in [-0.2, -0.15) is 0 Å². The highest BCUT2D eigenvalue weighted by molar-refractivity contribution is 5.21. The Hall–Kier alpha value is -1.67. The number of nitrogens with zero attached hydrogens (tertiary/aromatic N) is 1. The fourth-order valence-corrected chi connectivity index (χ4v) is 2.65. The first-order chi connectivity index (χ1) is 10.3. The van der Waals surface area contributed by atoms with E-state index in [9.17, 15) is 0 Å². The van der Waals surface area contributed by atoms with Crippen molar-refractivity contribution in [3.05, 3.63) is 65.5 Å². The van der Waals surface area contributed by atoms with Gasteiger partial charge in [0.2, 0.25) is 0 Å². The molecule has 112 valence electrons. The summed E-state index contributed by atoms with van der Waals surface area (Å²) in [5, 5.41) is 3.70. The van der Waals surface area contributed by atoms with Gasteiger partial charge in [0.25, 0.3) is 0 Å². The lowest BCUT2D eigenvalue weighted by atomic mass is 10.0. The van der Waals surface area contributed by atoms with Crippen LogP contribution in [-0.2, 0) is 13.0 Å². The minimum absolute atomic E-state index is 0.415. The summed E-state index contributed by atoms with van der Waals surface area (Å²) in [6.07, 6.45) is 6.58. The topological polar surface area (TPSA) is 24.9 Å². The van der Waals surface area contributed by atoms with Crippen molar-refractivity contribution < 1.29 is 0 Å². The van der Waals surface area contributed by atoms with Crippen LogP contribution in [0.4, 0.5) is 0 Å².